The predicted octanol–water partition coefficient (Wildman–Crippen LogP) is 1.76. The minimum Gasteiger partial charge on any atom is -0.488 e. The molecule has 1 heterocycles. The molecule has 68 valence electrons. The Morgan fingerprint density at radius 1 is 1.62 bits per heavy atom. The second-order valence-corrected chi connectivity index (χ2v) is 2.84. The zero-order valence-electron chi connectivity index (χ0n) is 7.37. The molecule has 3 heteroatoms. The van der Waals surface area contributed by atoms with Crippen LogP contribution in [-0.2, 0) is 11.3 Å². The summed E-state index contributed by atoms with van der Waals surface area (Å²) in [6.07, 6.45) is 0. The van der Waals surface area contributed by atoms with Crippen LogP contribution in [0.5, 0.6) is 5.75 Å². The molecule has 0 aliphatic carbocycles. The number of hydrogen-bond donors (Lipinski definition) is 0. The fourth-order valence-electron chi connectivity index (χ4n) is 1.31. The zero-order valence-corrected chi connectivity index (χ0v) is 7.37. The van der Waals surface area contributed by atoms with Gasteiger partial charge < -0.3 is 9.47 Å². The van der Waals surface area contributed by atoms with Gasteiger partial charge in [-0.15, -0.1) is 0 Å². The van der Waals surface area contributed by atoms with Crippen molar-refractivity contribution in [3.05, 3.63) is 29.3 Å². The first kappa shape index (κ1) is 8.10. The van der Waals surface area contributed by atoms with Crippen molar-refractivity contribution in [2.24, 2.45) is 0 Å². The molecule has 0 amide bonds. The Morgan fingerprint density at radius 2 is 2.46 bits per heavy atom. The van der Waals surface area contributed by atoms with Gasteiger partial charge in [-0.2, -0.15) is 0 Å². The maximum atomic E-state index is 11.3. The van der Waals surface area contributed by atoms with Gasteiger partial charge in [0.15, 0.2) is 0 Å². The van der Waals surface area contributed by atoms with Crippen LogP contribution in [-0.4, -0.2) is 12.6 Å². The van der Waals surface area contributed by atoms with E-state index in [0.717, 1.165) is 5.56 Å². The Bertz CT molecular complexity index is 344. The molecule has 1 aliphatic heterocycles. The lowest BCUT2D eigenvalue weighted by molar-refractivity contribution is 0.0522. The molecule has 0 saturated carbocycles. The molecule has 0 fully saturated rings. The maximum Gasteiger partial charge on any atom is 0.341 e. The van der Waals surface area contributed by atoms with Crippen molar-refractivity contribution in [3.63, 3.8) is 0 Å². The molecule has 1 aliphatic rings. The predicted molar refractivity (Wildman–Crippen MR) is 46.7 cm³/mol. The van der Waals surface area contributed by atoms with Gasteiger partial charge in [-0.1, -0.05) is 6.07 Å². The topological polar surface area (TPSA) is 35.5 Å². The van der Waals surface area contributed by atoms with Crippen molar-refractivity contribution in [1.82, 2.24) is 0 Å². The molecule has 0 atom stereocenters. The molecule has 0 unspecified atom stereocenters. The number of carbonyl (C=O) groups is 1. The number of hydrogen-bond acceptors (Lipinski definition) is 3. The van der Waals surface area contributed by atoms with Crippen molar-refractivity contribution in [1.29, 1.82) is 0 Å². The number of fused-ring (bicyclic) bond motifs is 2. The number of rotatable bonds is 2. The summed E-state index contributed by atoms with van der Waals surface area (Å²) < 4.78 is 10.2. The molecule has 0 aromatic heterocycles. The van der Waals surface area contributed by atoms with E-state index in [-0.39, 0.29) is 5.97 Å². The van der Waals surface area contributed by atoms with Crippen LogP contribution in [0, 0.1) is 0 Å². The first-order chi connectivity index (χ1) is 6.31. The number of esters is 1. The summed E-state index contributed by atoms with van der Waals surface area (Å²) in [5, 5.41) is 0. The molecule has 1 aromatic rings. The number of benzene rings is 1. The van der Waals surface area contributed by atoms with Gasteiger partial charge in [-0.05, 0) is 24.6 Å². The lowest BCUT2D eigenvalue weighted by Crippen LogP contribution is -2.04. The first-order valence-electron chi connectivity index (χ1n) is 4.24. The molecule has 0 spiro atoms. The summed E-state index contributed by atoms with van der Waals surface area (Å²) in [4.78, 5) is 11.3. The van der Waals surface area contributed by atoms with Crippen LogP contribution >= 0.6 is 0 Å². The van der Waals surface area contributed by atoms with Crippen molar-refractivity contribution < 1.29 is 14.3 Å². The Hall–Kier alpha value is -1.51. The van der Waals surface area contributed by atoms with E-state index in [0.29, 0.717) is 24.5 Å². The monoisotopic (exact) mass is 178 g/mol. The molecule has 2 rings (SSSR count). The quantitative estimate of drug-likeness (QED) is 0.647. The summed E-state index contributed by atoms with van der Waals surface area (Å²) in [6, 6.07) is 5.49. The average Bonchev–Trinajstić information content (AvgIpc) is 2.48. The third-order valence-corrected chi connectivity index (χ3v) is 1.94. The SMILES string of the molecule is CCOC(=O)c1ccc2cc1OC2. The first-order valence-corrected chi connectivity index (χ1v) is 4.24. The number of carbonyl (C=O) groups excluding carboxylic acids is 1. The lowest BCUT2D eigenvalue weighted by Gasteiger charge is -2.03. The molecule has 0 radical (unpaired) electrons. The van der Waals surface area contributed by atoms with Crippen molar-refractivity contribution in [2.45, 2.75) is 13.5 Å². The third kappa shape index (κ3) is 1.37. The third-order valence-electron chi connectivity index (χ3n) is 1.94. The van der Waals surface area contributed by atoms with E-state index in [2.05, 4.69) is 0 Å². The van der Waals surface area contributed by atoms with Gasteiger partial charge in [0.1, 0.15) is 17.9 Å². The van der Waals surface area contributed by atoms with Gasteiger partial charge in [0.25, 0.3) is 0 Å². The van der Waals surface area contributed by atoms with Crippen LogP contribution in [0.15, 0.2) is 18.2 Å². The standard InChI is InChI=1S/C10H10O3/c1-2-12-10(11)8-4-3-7-5-9(8)13-6-7/h3-5H,2,6H2,1H3. The van der Waals surface area contributed by atoms with E-state index in [4.69, 9.17) is 9.47 Å². The maximum absolute atomic E-state index is 11.3. The Labute approximate surface area is 76.3 Å². The number of ether oxygens (including phenoxy) is 2. The largest absolute Gasteiger partial charge is 0.488 e. The minimum absolute atomic E-state index is 0.314. The second-order valence-electron chi connectivity index (χ2n) is 2.84. The van der Waals surface area contributed by atoms with E-state index in [9.17, 15) is 4.79 Å². The van der Waals surface area contributed by atoms with Crippen molar-refractivity contribution >= 4 is 5.97 Å². The fraction of sp³-hybridized carbons (Fsp3) is 0.300. The van der Waals surface area contributed by atoms with Crippen LogP contribution in [0.2, 0.25) is 0 Å². The van der Waals surface area contributed by atoms with Gasteiger partial charge in [0.05, 0.1) is 6.61 Å². The highest BCUT2D eigenvalue weighted by Gasteiger charge is 2.18. The molecule has 1 aromatic carbocycles. The highest BCUT2D eigenvalue weighted by atomic mass is 16.5. The van der Waals surface area contributed by atoms with Crippen molar-refractivity contribution in [3.8, 4) is 5.75 Å². The summed E-state index contributed by atoms with van der Waals surface area (Å²) in [7, 11) is 0. The lowest BCUT2D eigenvalue weighted by atomic mass is 10.1. The van der Waals surface area contributed by atoms with Gasteiger partial charge in [-0.3, -0.25) is 0 Å². The molecule has 0 N–H and O–H groups in total. The molecule has 2 bridgehead atoms. The van der Waals surface area contributed by atoms with E-state index in [1.54, 1.807) is 13.0 Å². The van der Waals surface area contributed by atoms with E-state index in [1.165, 1.54) is 0 Å². The van der Waals surface area contributed by atoms with Crippen LogP contribution in [0.25, 0.3) is 0 Å². The van der Waals surface area contributed by atoms with Crippen LogP contribution in [0.1, 0.15) is 22.8 Å². The van der Waals surface area contributed by atoms with Crippen LogP contribution in [0.3, 0.4) is 0 Å². The fourth-order valence-corrected chi connectivity index (χ4v) is 1.31. The summed E-state index contributed by atoms with van der Waals surface area (Å²) in [5.41, 5.74) is 1.62. The summed E-state index contributed by atoms with van der Waals surface area (Å²) in [6.45, 7) is 2.74. The van der Waals surface area contributed by atoms with Gasteiger partial charge in [0.2, 0.25) is 0 Å². The Balaban J connectivity index is 2.29. The normalized spacial score (nSPS) is 12.4. The van der Waals surface area contributed by atoms with E-state index in [1.807, 2.05) is 12.1 Å². The average molecular weight is 178 g/mol. The molecule has 3 nitrogen and oxygen atoms in total. The van der Waals surface area contributed by atoms with Gasteiger partial charge in [0, 0.05) is 0 Å². The second kappa shape index (κ2) is 3.09. The van der Waals surface area contributed by atoms with Crippen LogP contribution < -0.4 is 4.74 Å². The Morgan fingerprint density at radius 3 is 3.23 bits per heavy atom. The smallest absolute Gasteiger partial charge is 0.341 e. The highest BCUT2D eigenvalue weighted by molar-refractivity contribution is 5.92. The van der Waals surface area contributed by atoms with Gasteiger partial charge >= 0.3 is 5.97 Å². The highest BCUT2D eigenvalue weighted by Crippen LogP contribution is 2.27. The zero-order chi connectivity index (χ0) is 9.26. The summed E-state index contributed by atoms with van der Waals surface area (Å²) in [5.74, 6) is 0.321. The molecular weight excluding hydrogens is 168 g/mol. The van der Waals surface area contributed by atoms with E-state index < -0.39 is 0 Å². The summed E-state index contributed by atoms with van der Waals surface area (Å²) >= 11 is 0. The molecular formula is C10H10O3. The molecule has 0 saturated heterocycles. The molecule has 13 heavy (non-hydrogen) atoms. The van der Waals surface area contributed by atoms with E-state index >= 15 is 0 Å². The minimum atomic E-state index is -0.314. The Kier molecular flexibility index (Phi) is 1.93. The van der Waals surface area contributed by atoms with Crippen molar-refractivity contribution in [2.75, 3.05) is 6.61 Å². The van der Waals surface area contributed by atoms with Crippen LogP contribution in [0.4, 0.5) is 0 Å². The van der Waals surface area contributed by atoms with Gasteiger partial charge in [-0.25, -0.2) is 4.79 Å².